The number of carboxylic acid groups (broad SMARTS) is 1. The van der Waals surface area contributed by atoms with Crippen LogP contribution in [0, 0.1) is 6.92 Å². The van der Waals surface area contributed by atoms with Gasteiger partial charge >= 0.3 is 5.97 Å². The average molecular weight is 427 g/mol. The highest BCUT2D eigenvalue weighted by Crippen LogP contribution is 2.42. The zero-order valence-electron chi connectivity index (χ0n) is 18.4. The number of nitrogens with zero attached hydrogens (tertiary/aromatic N) is 2. The number of aryl methyl sites for hydroxylation is 3. The summed E-state index contributed by atoms with van der Waals surface area (Å²) in [4.78, 5) is 23.7. The smallest absolute Gasteiger partial charge is 0.337 e. The SMILES string of the molecule is C=CN=C(C)/C=C/c1c(C(OC(C)(C)C)C(=O)O)c(C)nc2sc3c(c12)CCCC3. The van der Waals surface area contributed by atoms with Crippen molar-refractivity contribution in [2.24, 2.45) is 4.99 Å². The number of pyridine rings is 1. The van der Waals surface area contributed by atoms with Crippen molar-refractivity contribution in [1.82, 2.24) is 4.98 Å². The monoisotopic (exact) mass is 426 g/mol. The molecule has 1 aliphatic carbocycles. The number of hydrogen-bond acceptors (Lipinski definition) is 5. The van der Waals surface area contributed by atoms with Gasteiger partial charge in [-0.3, -0.25) is 4.99 Å². The van der Waals surface area contributed by atoms with Gasteiger partial charge in [-0.1, -0.05) is 12.7 Å². The summed E-state index contributed by atoms with van der Waals surface area (Å²) in [5.41, 5.74) is 3.69. The fraction of sp³-hybridized carbons (Fsp3) is 0.458. The van der Waals surface area contributed by atoms with Crippen molar-refractivity contribution in [3.8, 4) is 0 Å². The van der Waals surface area contributed by atoms with E-state index in [0.29, 0.717) is 11.3 Å². The van der Waals surface area contributed by atoms with Gasteiger partial charge in [-0.2, -0.15) is 0 Å². The molecule has 1 unspecified atom stereocenters. The van der Waals surface area contributed by atoms with E-state index in [1.165, 1.54) is 23.1 Å². The van der Waals surface area contributed by atoms with Gasteiger partial charge in [0, 0.05) is 33.4 Å². The molecule has 1 atom stereocenters. The predicted octanol–water partition coefficient (Wildman–Crippen LogP) is 6.04. The maximum atomic E-state index is 12.3. The topological polar surface area (TPSA) is 71.8 Å². The first kappa shape index (κ1) is 22.4. The number of allylic oxidation sites excluding steroid dienone is 1. The summed E-state index contributed by atoms with van der Waals surface area (Å²) in [5.74, 6) is -1.01. The maximum Gasteiger partial charge on any atom is 0.337 e. The van der Waals surface area contributed by atoms with E-state index < -0.39 is 17.7 Å². The van der Waals surface area contributed by atoms with Crippen LogP contribution in [0.1, 0.15) is 73.9 Å². The van der Waals surface area contributed by atoms with Crippen LogP contribution in [0.15, 0.2) is 23.8 Å². The molecule has 1 N–H and O–H groups in total. The fourth-order valence-corrected chi connectivity index (χ4v) is 5.26. The van der Waals surface area contributed by atoms with Gasteiger partial charge in [-0.05, 0) is 77.5 Å². The molecule has 160 valence electrons. The molecule has 2 aromatic heterocycles. The van der Waals surface area contributed by atoms with Crippen LogP contribution >= 0.6 is 11.3 Å². The van der Waals surface area contributed by atoms with Crippen molar-refractivity contribution < 1.29 is 14.6 Å². The zero-order valence-corrected chi connectivity index (χ0v) is 19.2. The molecule has 0 amide bonds. The summed E-state index contributed by atoms with van der Waals surface area (Å²) in [7, 11) is 0. The molecule has 0 aromatic carbocycles. The molecule has 30 heavy (non-hydrogen) atoms. The number of carbonyl (C=O) groups is 1. The molecule has 0 saturated carbocycles. The minimum Gasteiger partial charge on any atom is -0.479 e. The molecule has 0 radical (unpaired) electrons. The summed E-state index contributed by atoms with van der Waals surface area (Å²) in [6.07, 6.45) is 8.67. The van der Waals surface area contributed by atoms with Crippen molar-refractivity contribution in [2.45, 2.75) is 72.0 Å². The number of ether oxygens (including phenoxy) is 1. The van der Waals surface area contributed by atoms with Crippen LogP contribution in [0.3, 0.4) is 0 Å². The second kappa shape index (κ2) is 8.82. The number of thiophene rings is 1. The van der Waals surface area contributed by atoms with Gasteiger partial charge < -0.3 is 9.84 Å². The first-order valence-electron chi connectivity index (χ1n) is 10.3. The number of aliphatic imine (C=N–C) groups is 1. The lowest BCUT2D eigenvalue weighted by Crippen LogP contribution is -2.28. The van der Waals surface area contributed by atoms with Gasteiger partial charge in [0.25, 0.3) is 0 Å². The Morgan fingerprint density at radius 3 is 2.67 bits per heavy atom. The van der Waals surface area contributed by atoms with Gasteiger partial charge in [0.2, 0.25) is 0 Å². The number of hydrogen-bond donors (Lipinski definition) is 1. The lowest BCUT2D eigenvalue weighted by Gasteiger charge is -2.27. The van der Waals surface area contributed by atoms with Crippen molar-refractivity contribution in [3.63, 3.8) is 0 Å². The molecular weight excluding hydrogens is 396 g/mol. The van der Waals surface area contributed by atoms with Crippen LogP contribution < -0.4 is 0 Å². The second-order valence-electron chi connectivity index (χ2n) is 8.65. The molecule has 0 bridgehead atoms. The van der Waals surface area contributed by atoms with Gasteiger partial charge in [-0.25, -0.2) is 9.78 Å². The molecule has 0 aliphatic heterocycles. The van der Waals surface area contributed by atoms with Crippen molar-refractivity contribution in [2.75, 3.05) is 0 Å². The van der Waals surface area contributed by atoms with Crippen LogP contribution in [0.5, 0.6) is 0 Å². The third-order valence-corrected chi connectivity index (χ3v) is 6.30. The molecule has 0 fully saturated rings. The molecule has 2 heterocycles. The lowest BCUT2D eigenvalue weighted by atomic mass is 9.90. The Bertz CT molecular complexity index is 1040. The lowest BCUT2D eigenvalue weighted by molar-refractivity contribution is -0.160. The minimum absolute atomic E-state index is 0.611. The van der Waals surface area contributed by atoms with Crippen molar-refractivity contribution in [1.29, 1.82) is 0 Å². The highest BCUT2D eigenvalue weighted by molar-refractivity contribution is 7.18. The Balaban J connectivity index is 2.33. The van der Waals surface area contributed by atoms with Gasteiger partial charge in [0.1, 0.15) is 4.83 Å². The molecule has 1 aliphatic rings. The van der Waals surface area contributed by atoms with Crippen LogP contribution in [-0.4, -0.2) is 27.4 Å². The highest BCUT2D eigenvalue weighted by Gasteiger charge is 2.32. The zero-order chi connectivity index (χ0) is 22.1. The Morgan fingerprint density at radius 2 is 2.03 bits per heavy atom. The summed E-state index contributed by atoms with van der Waals surface area (Å²) in [5, 5.41) is 11.1. The molecule has 0 spiro atoms. The fourth-order valence-electron chi connectivity index (χ4n) is 3.93. The number of aromatic nitrogens is 1. The largest absolute Gasteiger partial charge is 0.479 e. The minimum atomic E-state index is -1.10. The van der Waals surface area contributed by atoms with E-state index >= 15 is 0 Å². The molecule has 5 nitrogen and oxygen atoms in total. The van der Waals surface area contributed by atoms with E-state index in [9.17, 15) is 9.90 Å². The third kappa shape index (κ3) is 4.71. The Labute approximate surface area is 182 Å². The molecule has 6 heteroatoms. The van der Waals surface area contributed by atoms with E-state index in [-0.39, 0.29) is 0 Å². The van der Waals surface area contributed by atoms with Gasteiger partial charge in [-0.15, -0.1) is 11.3 Å². The van der Waals surface area contributed by atoms with Gasteiger partial charge in [0.05, 0.1) is 5.60 Å². The molecule has 3 rings (SSSR count). The second-order valence-corrected chi connectivity index (χ2v) is 9.73. The van der Waals surface area contributed by atoms with Crippen molar-refractivity contribution >= 4 is 39.3 Å². The van der Waals surface area contributed by atoms with Crippen LogP contribution in [-0.2, 0) is 22.4 Å². The van der Waals surface area contributed by atoms with Crippen molar-refractivity contribution in [3.05, 3.63) is 46.1 Å². The summed E-state index contributed by atoms with van der Waals surface area (Å²) < 4.78 is 6.01. The third-order valence-electron chi connectivity index (χ3n) is 5.12. The molecule has 2 aromatic rings. The molecule has 0 saturated heterocycles. The Kier molecular flexibility index (Phi) is 6.58. The van der Waals surface area contributed by atoms with Gasteiger partial charge in [0.15, 0.2) is 6.10 Å². The number of rotatable bonds is 6. The number of fused-ring (bicyclic) bond motifs is 3. The highest BCUT2D eigenvalue weighted by atomic mass is 32.1. The number of aliphatic carboxylic acids is 1. The van der Waals surface area contributed by atoms with Crippen LogP contribution in [0.4, 0.5) is 0 Å². The Hall–Kier alpha value is -2.31. The Morgan fingerprint density at radius 1 is 1.33 bits per heavy atom. The first-order chi connectivity index (χ1) is 14.1. The standard InChI is InChI=1S/C24H30N2O3S/c1-7-25-14(2)12-13-17-19(21(23(27)28)29-24(4,5)6)15(3)26-22-20(17)16-10-8-9-11-18(16)30-22/h7,12-13,21H,1,8-11H2,2-6H3,(H,27,28)/b13-12+,25-14?. The van der Waals surface area contributed by atoms with E-state index in [1.54, 1.807) is 11.3 Å². The normalized spacial score (nSPS) is 16.1. The number of carboxylic acids is 1. The first-order valence-corrected chi connectivity index (χ1v) is 11.1. The van der Waals surface area contributed by atoms with E-state index in [1.807, 2.05) is 46.8 Å². The quantitative estimate of drug-likeness (QED) is 0.571. The van der Waals surface area contributed by atoms with E-state index in [2.05, 4.69) is 11.6 Å². The van der Waals surface area contributed by atoms with Crippen LogP contribution in [0.2, 0.25) is 0 Å². The average Bonchev–Trinajstić information content (AvgIpc) is 3.01. The van der Waals surface area contributed by atoms with Crippen LogP contribution in [0.25, 0.3) is 16.3 Å². The van der Waals surface area contributed by atoms with E-state index in [4.69, 9.17) is 9.72 Å². The summed E-state index contributed by atoms with van der Waals surface area (Å²) in [6.45, 7) is 13.0. The summed E-state index contributed by atoms with van der Waals surface area (Å²) in [6, 6.07) is 0. The molecular formula is C24H30N2O3S. The predicted molar refractivity (Wildman–Crippen MR) is 125 cm³/mol. The maximum absolute atomic E-state index is 12.3. The van der Waals surface area contributed by atoms with E-state index in [0.717, 1.165) is 40.8 Å². The summed E-state index contributed by atoms with van der Waals surface area (Å²) >= 11 is 1.73.